The third-order valence-corrected chi connectivity index (χ3v) is 9.35. The summed E-state index contributed by atoms with van der Waals surface area (Å²) in [6.07, 6.45) is 48.9. The van der Waals surface area contributed by atoms with Crippen LogP contribution in [0.15, 0.2) is 12.4 Å². The highest BCUT2D eigenvalue weighted by atomic mass is 15.1. The summed E-state index contributed by atoms with van der Waals surface area (Å²) in [4.78, 5) is 0. The van der Waals surface area contributed by atoms with Gasteiger partial charge in [-0.1, -0.05) is 181 Å². The fraction of sp³-hybridized carbons (Fsp3) is 0.923. The number of unbranched alkanes of at least 4 members (excludes halogenated alkanes) is 27. The molecule has 1 aromatic rings. The zero-order valence-electron chi connectivity index (χ0n) is 28.9. The summed E-state index contributed by atoms with van der Waals surface area (Å²) in [7, 11) is 0. The van der Waals surface area contributed by atoms with Crippen molar-refractivity contribution in [3.63, 3.8) is 0 Å². The third-order valence-electron chi connectivity index (χ3n) is 9.35. The normalized spacial score (nSPS) is 11.6. The van der Waals surface area contributed by atoms with E-state index in [1.54, 1.807) is 5.82 Å². The highest BCUT2D eigenvalue weighted by Gasteiger charge is 2.16. The molecule has 0 aromatic carbocycles. The van der Waals surface area contributed by atoms with Gasteiger partial charge in [0.25, 0.3) is 5.82 Å². The molecule has 0 fully saturated rings. The zero-order valence-corrected chi connectivity index (χ0v) is 28.9. The molecule has 0 aliphatic rings. The van der Waals surface area contributed by atoms with E-state index in [2.05, 4.69) is 42.3 Å². The van der Waals surface area contributed by atoms with Gasteiger partial charge in [-0.15, -0.1) is 0 Å². The van der Waals surface area contributed by atoms with Crippen molar-refractivity contribution in [2.24, 2.45) is 0 Å². The van der Waals surface area contributed by atoms with Crippen molar-refractivity contribution < 1.29 is 4.57 Å². The maximum atomic E-state index is 2.62. The Morgan fingerprint density at radius 1 is 0.415 bits per heavy atom. The Bertz CT molecular complexity index is 634. The molecule has 0 bridgehead atoms. The number of aryl methyl sites for hydroxylation is 2. The number of nitrogens with zero attached hydrogens (tertiary/aromatic N) is 2. The van der Waals surface area contributed by atoms with Gasteiger partial charge in [-0.05, 0) is 32.1 Å². The van der Waals surface area contributed by atoms with Crippen molar-refractivity contribution in [2.75, 3.05) is 0 Å². The predicted molar refractivity (Wildman–Crippen MR) is 184 cm³/mol. The lowest BCUT2D eigenvalue weighted by Crippen LogP contribution is -2.37. The average Bonchev–Trinajstić information content (AvgIpc) is 3.37. The Kier molecular flexibility index (Phi) is 28.6. The first-order valence-electron chi connectivity index (χ1n) is 19.4. The second kappa shape index (κ2) is 30.7. The van der Waals surface area contributed by atoms with Crippen LogP contribution in [0.2, 0.25) is 0 Å². The Hall–Kier alpha value is -0.790. The maximum Gasteiger partial charge on any atom is 0.256 e. The summed E-state index contributed by atoms with van der Waals surface area (Å²) in [5.41, 5.74) is 0. The molecule has 2 heteroatoms. The van der Waals surface area contributed by atoms with Crippen molar-refractivity contribution >= 4 is 0 Å². The number of rotatable bonds is 33. The lowest BCUT2D eigenvalue weighted by molar-refractivity contribution is -0.704. The van der Waals surface area contributed by atoms with Crippen molar-refractivity contribution in [1.29, 1.82) is 0 Å². The molecule has 0 saturated heterocycles. The van der Waals surface area contributed by atoms with Gasteiger partial charge in [-0.2, -0.15) is 0 Å². The quantitative estimate of drug-likeness (QED) is 0.0584. The van der Waals surface area contributed by atoms with E-state index in [0.29, 0.717) is 0 Å². The van der Waals surface area contributed by atoms with Gasteiger partial charge in [0.1, 0.15) is 12.4 Å². The summed E-state index contributed by atoms with van der Waals surface area (Å²) < 4.78 is 5.23. The molecule has 1 aromatic heterocycles. The van der Waals surface area contributed by atoms with E-state index < -0.39 is 0 Å². The number of aromatic nitrogens is 2. The molecule has 1 heterocycles. The first kappa shape index (κ1) is 38.2. The van der Waals surface area contributed by atoms with E-state index in [9.17, 15) is 0 Å². The van der Waals surface area contributed by atoms with Crippen LogP contribution in [0.5, 0.6) is 0 Å². The lowest BCUT2D eigenvalue weighted by Gasteiger charge is -2.07. The second-order valence-electron chi connectivity index (χ2n) is 13.4. The van der Waals surface area contributed by atoms with E-state index in [-0.39, 0.29) is 0 Å². The molecule has 0 aliphatic carbocycles. The van der Waals surface area contributed by atoms with Gasteiger partial charge < -0.3 is 0 Å². The van der Waals surface area contributed by atoms with E-state index in [0.717, 1.165) is 0 Å². The summed E-state index contributed by atoms with van der Waals surface area (Å²) in [6.45, 7) is 9.40. The van der Waals surface area contributed by atoms with Crippen molar-refractivity contribution in [1.82, 2.24) is 4.57 Å². The van der Waals surface area contributed by atoms with Crippen LogP contribution in [0.25, 0.3) is 0 Å². The third kappa shape index (κ3) is 23.4. The summed E-state index contributed by atoms with van der Waals surface area (Å²) in [5, 5.41) is 0. The van der Waals surface area contributed by atoms with Crippen LogP contribution in [-0.2, 0) is 19.5 Å². The van der Waals surface area contributed by atoms with Crippen molar-refractivity contribution in [3.8, 4) is 0 Å². The highest BCUT2D eigenvalue weighted by molar-refractivity contribution is 4.84. The van der Waals surface area contributed by atoms with Gasteiger partial charge in [0.05, 0.1) is 13.1 Å². The van der Waals surface area contributed by atoms with Crippen LogP contribution in [-0.4, -0.2) is 4.57 Å². The zero-order chi connectivity index (χ0) is 29.5. The second-order valence-corrected chi connectivity index (χ2v) is 13.4. The predicted octanol–water partition coefficient (Wildman–Crippen LogP) is 13.1. The summed E-state index contributed by atoms with van der Waals surface area (Å²) >= 11 is 0. The summed E-state index contributed by atoms with van der Waals surface area (Å²) in [6, 6.07) is 0. The molecule has 0 N–H and O–H groups in total. The van der Waals surface area contributed by atoms with E-state index in [4.69, 9.17) is 0 Å². The van der Waals surface area contributed by atoms with Crippen LogP contribution >= 0.6 is 0 Å². The van der Waals surface area contributed by atoms with Gasteiger partial charge >= 0.3 is 0 Å². The SMILES string of the molecule is CCCCCCCCCCCCCCCCCC[n+]1ccn(CCCCCCCCCCCC)c1CCCCCC. The van der Waals surface area contributed by atoms with Gasteiger partial charge in [0.2, 0.25) is 0 Å². The van der Waals surface area contributed by atoms with E-state index in [1.807, 2.05) is 0 Å². The van der Waals surface area contributed by atoms with Crippen LogP contribution < -0.4 is 4.57 Å². The highest BCUT2D eigenvalue weighted by Crippen LogP contribution is 2.15. The minimum Gasteiger partial charge on any atom is -0.234 e. The minimum absolute atomic E-state index is 1.23. The average molecular weight is 574 g/mol. The molecule has 0 saturated carbocycles. The largest absolute Gasteiger partial charge is 0.256 e. The standard InChI is InChI=1S/C39H77N2/c1-4-7-10-13-15-17-19-20-21-22-23-24-26-28-30-33-36-41-38-37-40(39(41)34-31-12-9-6-3)35-32-29-27-25-18-16-14-11-8-5-2/h37-38H,4-36H2,1-3H3/q+1. The Labute approximate surface area is 259 Å². The Morgan fingerprint density at radius 3 is 1.17 bits per heavy atom. The Balaban J connectivity index is 2.14. The molecule has 0 amide bonds. The lowest BCUT2D eigenvalue weighted by atomic mass is 10.0. The molecule has 0 spiro atoms. The van der Waals surface area contributed by atoms with Gasteiger partial charge in [0, 0.05) is 6.42 Å². The molecule has 0 aliphatic heterocycles. The van der Waals surface area contributed by atoms with Crippen LogP contribution in [0, 0.1) is 0 Å². The number of imidazole rings is 1. The fourth-order valence-corrected chi connectivity index (χ4v) is 6.50. The molecular formula is C39H77N2+. The van der Waals surface area contributed by atoms with Gasteiger partial charge in [-0.25, -0.2) is 9.13 Å². The Morgan fingerprint density at radius 2 is 0.756 bits per heavy atom. The first-order chi connectivity index (χ1) is 20.3. The summed E-state index contributed by atoms with van der Waals surface area (Å²) in [5.74, 6) is 1.61. The molecule has 1 rings (SSSR count). The molecule has 0 unspecified atom stereocenters. The van der Waals surface area contributed by atoms with Gasteiger partial charge in [0.15, 0.2) is 0 Å². The van der Waals surface area contributed by atoms with Gasteiger partial charge in [-0.3, -0.25) is 0 Å². The van der Waals surface area contributed by atoms with E-state index in [1.165, 1.54) is 212 Å². The van der Waals surface area contributed by atoms with Crippen molar-refractivity contribution in [3.05, 3.63) is 18.2 Å². The monoisotopic (exact) mass is 574 g/mol. The molecule has 0 atom stereocenters. The molecular weight excluding hydrogens is 496 g/mol. The molecule has 242 valence electrons. The van der Waals surface area contributed by atoms with Crippen LogP contribution in [0.1, 0.15) is 219 Å². The van der Waals surface area contributed by atoms with Crippen LogP contribution in [0.3, 0.4) is 0 Å². The van der Waals surface area contributed by atoms with Crippen molar-refractivity contribution in [2.45, 2.75) is 233 Å². The number of hydrogen-bond acceptors (Lipinski definition) is 0. The van der Waals surface area contributed by atoms with E-state index >= 15 is 0 Å². The fourth-order valence-electron chi connectivity index (χ4n) is 6.50. The molecule has 2 nitrogen and oxygen atoms in total. The molecule has 41 heavy (non-hydrogen) atoms. The first-order valence-corrected chi connectivity index (χ1v) is 19.4. The minimum atomic E-state index is 1.23. The topological polar surface area (TPSA) is 8.81 Å². The smallest absolute Gasteiger partial charge is 0.234 e. The maximum absolute atomic E-state index is 2.62. The number of hydrogen-bond donors (Lipinski definition) is 0. The van der Waals surface area contributed by atoms with Crippen LogP contribution in [0.4, 0.5) is 0 Å². The molecule has 0 radical (unpaired) electrons.